The lowest BCUT2D eigenvalue weighted by Crippen LogP contribution is -2.05. The third-order valence-electron chi connectivity index (χ3n) is 5.50. The summed E-state index contributed by atoms with van der Waals surface area (Å²) in [5.74, 6) is 1.32. The Kier molecular flexibility index (Phi) is 2.34. The molecule has 0 saturated heterocycles. The molecule has 2 heteroatoms. The highest BCUT2D eigenvalue weighted by Crippen LogP contribution is 2.72. The van der Waals surface area contributed by atoms with Crippen LogP contribution in [0.2, 0.25) is 0 Å². The molecule has 0 bridgehead atoms. The van der Waals surface area contributed by atoms with E-state index >= 15 is 0 Å². The first-order valence-corrected chi connectivity index (χ1v) is 6.79. The summed E-state index contributed by atoms with van der Waals surface area (Å²) in [6, 6.07) is 6.14. The van der Waals surface area contributed by atoms with Crippen molar-refractivity contribution in [2.75, 3.05) is 6.61 Å². The van der Waals surface area contributed by atoms with Gasteiger partial charge in [0.05, 0.1) is 12.7 Å². The van der Waals surface area contributed by atoms with E-state index in [0.717, 1.165) is 24.3 Å². The second-order valence-electron chi connectivity index (χ2n) is 6.83. The maximum Gasteiger partial charge on any atom is 0.122 e. The van der Waals surface area contributed by atoms with Gasteiger partial charge in [-0.1, -0.05) is 33.8 Å². The quantitative estimate of drug-likeness (QED) is 0.867. The molecule has 0 amide bonds. The predicted octanol–water partition coefficient (Wildman–Crippen LogP) is 3.34. The summed E-state index contributed by atoms with van der Waals surface area (Å²) >= 11 is 0. The SMILES string of the molecule is CC1(C)C(C(O)c2ccc3c(c2)CCO3)C1(C)C. The van der Waals surface area contributed by atoms with Crippen molar-refractivity contribution in [1.29, 1.82) is 0 Å². The summed E-state index contributed by atoms with van der Waals surface area (Å²) in [5, 5.41) is 10.6. The van der Waals surface area contributed by atoms with Gasteiger partial charge in [0.25, 0.3) is 0 Å². The molecule has 0 aromatic heterocycles. The summed E-state index contributed by atoms with van der Waals surface area (Å²) in [6.07, 6.45) is 0.605. The fourth-order valence-corrected chi connectivity index (χ4v) is 3.62. The number of rotatable bonds is 2. The minimum atomic E-state index is -0.360. The van der Waals surface area contributed by atoms with Crippen LogP contribution in [0.1, 0.15) is 44.9 Å². The molecule has 0 spiro atoms. The first kappa shape index (κ1) is 12.0. The van der Waals surface area contributed by atoms with Gasteiger partial charge in [0.15, 0.2) is 0 Å². The van der Waals surface area contributed by atoms with Gasteiger partial charge >= 0.3 is 0 Å². The van der Waals surface area contributed by atoms with Gasteiger partial charge in [-0.2, -0.15) is 0 Å². The first-order valence-electron chi connectivity index (χ1n) is 6.79. The van der Waals surface area contributed by atoms with Crippen LogP contribution in [0.5, 0.6) is 5.75 Å². The second-order valence-corrected chi connectivity index (χ2v) is 6.83. The highest BCUT2D eigenvalue weighted by Gasteiger charge is 2.67. The largest absolute Gasteiger partial charge is 0.493 e. The Labute approximate surface area is 109 Å². The lowest BCUT2D eigenvalue weighted by Gasteiger charge is -2.14. The van der Waals surface area contributed by atoms with E-state index in [4.69, 9.17) is 4.74 Å². The average molecular weight is 246 g/mol. The van der Waals surface area contributed by atoms with Crippen molar-refractivity contribution in [1.82, 2.24) is 0 Å². The molecule has 1 aromatic carbocycles. The summed E-state index contributed by atoms with van der Waals surface area (Å²) in [4.78, 5) is 0. The molecule has 2 nitrogen and oxygen atoms in total. The van der Waals surface area contributed by atoms with Crippen LogP contribution < -0.4 is 4.74 Å². The van der Waals surface area contributed by atoms with Gasteiger partial charge < -0.3 is 9.84 Å². The second kappa shape index (κ2) is 3.51. The van der Waals surface area contributed by atoms with Crippen molar-refractivity contribution in [3.63, 3.8) is 0 Å². The van der Waals surface area contributed by atoms with Crippen LogP contribution in [0.4, 0.5) is 0 Å². The zero-order chi connectivity index (χ0) is 13.1. The van der Waals surface area contributed by atoms with E-state index < -0.39 is 0 Å². The van der Waals surface area contributed by atoms with E-state index in [1.165, 1.54) is 5.56 Å². The van der Waals surface area contributed by atoms with Crippen LogP contribution >= 0.6 is 0 Å². The molecule has 0 radical (unpaired) electrons. The predicted molar refractivity (Wildman–Crippen MR) is 71.7 cm³/mol. The summed E-state index contributed by atoms with van der Waals surface area (Å²) in [6.45, 7) is 9.76. The highest BCUT2D eigenvalue weighted by atomic mass is 16.5. The van der Waals surface area contributed by atoms with Gasteiger partial charge in [0, 0.05) is 12.3 Å². The molecule has 1 N–H and O–H groups in total. The van der Waals surface area contributed by atoms with Gasteiger partial charge in [-0.3, -0.25) is 0 Å². The van der Waals surface area contributed by atoms with E-state index in [1.54, 1.807) is 0 Å². The summed E-state index contributed by atoms with van der Waals surface area (Å²) < 4.78 is 5.51. The number of fused-ring (bicyclic) bond motifs is 1. The third kappa shape index (κ3) is 1.45. The van der Waals surface area contributed by atoms with Crippen molar-refractivity contribution in [2.24, 2.45) is 16.7 Å². The summed E-state index contributed by atoms with van der Waals surface area (Å²) in [7, 11) is 0. The minimum absolute atomic E-state index is 0.210. The maximum atomic E-state index is 10.6. The fraction of sp³-hybridized carbons (Fsp3) is 0.625. The Hall–Kier alpha value is -1.02. The van der Waals surface area contributed by atoms with Gasteiger partial charge in [-0.15, -0.1) is 0 Å². The molecule has 1 atom stereocenters. The van der Waals surface area contributed by atoms with Crippen LogP contribution in [0, 0.1) is 16.7 Å². The van der Waals surface area contributed by atoms with E-state index in [0.29, 0.717) is 5.92 Å². The molecule has 1 aliphatic carbocycles. The molecule has 98 valence electrons. The van der Waals surface area contributed by atoms with Crippen LogP contribution in [0.25, 0.3) is 0 Å². The lowest BCUT2D eigenvalue weighted by atomic mass is 9.97. The number of ether oxygens (including phenoxy) is 1. The number of hydrogen-bond acceptors (Lipinski definition) is 2. The van der Waals surface area contributed by atoms with Gasteiger partial charge in [-0.25, -0.2) is 0 Å². The Morgan fingerprint density at radius 1 is 1.22 bits per heavy atom. The smallest absolute Gasteiger partial charge is 0.122 e. The van der Waals surface area contributed by atoms with E-state index in [1.807, 2.05) is 12.1 Å². The lowest BCUT2D eigenvalue weighted by molar-refractivity contribution is 0.130. The number of hydrogen-bond donors (Lipinski definition) is 1. The molecule has 1 heterocycles. The van der Waals surface area contributed by atoms with Crippen LogP contribution in [0.3, 0.4) is 0 Å². The Morgan fingerprint density at radius 2 is 1.89 bits per heavy atom. The van der Waals surface area contributed by atoms with Crippen molar-refractivity contribution in [3.8, 4) is 5.75 Å². The monoisotopic (exact) mass is 246 g/mol. The number of aliphatic hydroxyl groups is 1. The fourth-order valence-electron chi connectivity index (χ4n) is 3.62. The van der Waals surface area contributed by atoms with E-state index in [-0.39, 0.29) is 16.9 Å². The van der Waals surface area contributed by atoms with Crippen molar-refractivity contribution < 1.29 is 9.84 Å². The Balaban J connectivity index is 1.88. The highest BCUT2D eigenvalue weighted by molar-refractivity contribution is 5.41. The number of aliphatic hydroxyl groups excluding tert-OH is 1. The molecular weight excluding hydrogens is 224 g/mol. The van der Waals surface area contributed by atoms with Crippen LogP contribution in [-0.4, -0.2) is 11.7 Å². The third-order valence-corrected chi connectivity index (χ3v) is 5.50. The van der Waals surface area contributed by atoms with Gasteiger partial charge in [-0.05, 0) is 34.1 Å². The first-order chi connectivity index (χ1) is 8.35. The van der Waals surface area contributed by atoms with Crippen molar-refractivity contribution in [3.05, 3.63) is 29.3 Å². The van der Waals surface area contributed by atoms with Gasteiger partial charge in [0.2, 0.25) is 0 Å². The van der Waals surface area contributed by atoms with Crippen LogP contribution in [-0.2, 0) is 6.42 Å². The van der Waals surface area contributed by atoms with Crippen molar-refractivity contribution in [2.45, 2.75) is 40.2 Å². The topological polar surface area (TPSA) is 29.5 Å². The van der Waals surface area contributed by atoms with E-state index in [9.17, 15) is 5.11 Å². The average Bonchev–Trinajstić information content (AvgIpc) is 2.69. The minimum Gasteiger partial charge on any atom is -0.493 e. The van der Waals surface area contributed by atoms with Crippen molar-refractivity contribution >= 4 is 0 Å². The molecule has 1 fully saturated rings. The number of benzene rings is 1. The molecule has 1 unspecified atom stereocenters. The van der Waals surface area contributed by atoms with Gasteiger partial charge in [0.1, 0.15) is 5.75 Å². The molecule has 2 aliphatic rings. The molecule has 18 heavy (non-hydrogen) atoms. The molecule has 1 aliphatic heterocycles. The zero-order valence-electron chi connectivity index (χ0n) is 11.7. The zero-order valence-corrected chi connectivity index (χ0v) is 11.7. The molecule has 1 aromatic rings. The molecular formula is C16H22O2. The molecule has 1 saturated carbocycles. The Bertz CT molecular complexity index is 474. The van der Waals surface area contributed by atoms with Crippen LogP contribution in [0.15, 0.2) is 18.2 Å². The normalized spacial score (nSPS) is 25.4. The standard InChI is InChI=1S/C16H22O2/c1-15(2)14(16(15,3)4)13(17)11-5-6-12-10(9-11)7-8-18-12/h5-6,9,13-14,17H,7-8H2,1-4H3. The maximum absolute atomic E-state index is 10.6. The summed E-state index contributed by atoms with van der Waals surface area (Å²) in [5.41, 5.74) is 2.70. The molecule has 3 rings (SSSR count). The Morgan fingerprint density at radius 3 is 2.50 bits per heavy atom. The van der Waals surface area contributed by atoms with E-state index in [2.05, 4.69) is 33.8 Å².